The van der Waals surface area contributed by atoms with Crippen molar-refractivity contribution in [3.05, 3.63) is 12.7 Å². The van der Waals surface area contributed by atoms with E-state index in [0.717, 1.165) is 0 Å². The third-order valence-electron chi connectivity index (χ3n) is 3.15. The summed E-state index contributed by atoms with van der Waals surface area (Å²) < 4.78 is 29.2. The van der Waals surface area contributed by atoms with Crippen molar-refractivity contribution in [2.24, 2.45) is 0 Å². The van der Waals surface area contributed by atoms with Gasteiger partial charge in [-0.2, -0.15) is 0 Å². The van der Waals surface area contributed by atoms with Gasteiger partial charge in [0.25, 0.3) is 0 Å². The molecular weight excluding hydrogens is 456 g/mol. The van der Waals surface area contributed by atoms with Gasteiger partial charge in [-0.15, -0.1) is 0 Å². The fourth-order valence-corrected chi connectivity index (χ4v) is 2.96. The zero-order valence-electron chi connectivity index (χ0n) is 14.7. The number of phosphoric acid groups is 2. The van der Waals surface area contributed by atoms with Gasteiger partial charge in [0.15, 0.2) is 23.9 Å². The number of imidazole rings is 1. The second-order valence-corrected chi connectivity index (χ2v) is 7.74. The van der Waals surface area contributed by atoms with E-state index in [4.69, 9.17) is 35.5 Å². The molecule has 2 aromatic rings. The molecule has 0 aliphatic heterocycles. The average molecular weight is 475 g/mol. The first-order chi connectivity index (χ1) is 13.8. The van der Waals surface area contributed by atoms with Gasteiger partial charge in [-0.3, -0.25) is 9.05 Å². The zero-order valence-corrected chi connectivity index (χ0v) is 16.5. The molecule has 10 N–H and O–H groups in total. The fourth-order valence-electron chi connectivity index (χ4n) is 1.91. The Balaban J connectivity index is 0.000000367. The highest BCUT2D eigenvalue weighted by Gasteiger charge is 2.41. The number of nitrogens with one attached hydrogen (secondary N) is 1. The van der Waals surface area contributed by atoms with Crippen molar-refractivity contribution < 1.29 is 57.9 Å². The molecule has 0 saturated carbocycles. The molecule has 19 heteroatoms. The largest absolute Gasteiger partial charge is 0.470 e. The van der Waals surface area contributed by atoms with Gasteiger partial charge in [-0.25, -0.2) is 24.1 Å². The molecule has 0 aromatic carbocycles. The van der Waals surface area contributed by atoms with E-state index in [2.05, 4.69) is 29.0 Å². The van der Waals surface area contributed by atoms with Crippen LogP contribution in [0.1, 0.15) is 0 Å². The molecule has 30 heavy (non-hydrogen) atoms. The summed E-state index contributed by atoms with van der Waals surface area (Å²) in [5, 5.41) is 27.2. The van der Waals surface area contributed by atoms with Crippen molar-refractivity contribution in [1.29, 1.82) is 0 Å². The Morgan fingerprint density at radius 2 is 1.70 bits per heavy atom. The van der Waals surface area contributed by atoms with Crippen molar-refractivity contribution in [2.45, 2.75) is 24.4 Å². The molecule has 0 spiro atoms. The molecule has 0 bridgehead atoms. The van der Waals surface area contributed by atoms with E-state index < -0.39 is 46.7 Å². The van der Waals surface area contributed by atoms with E-state index in [1.165, 1.54) is 12.7 Å². The van der Waals surface area contributed by atoms with E-state index in [1.54, 1.807) is 0 Å². The van der Waals surface area contributed by atoms with E-state index in [1.807, 2.05) is 0 Å². The number of H-pyrrole nitrogens is 1. The molecule has 0 aliphatic rings. The molecular formula is C11H19N5O12P2. The lowest BCUT2D eigenvalue weighted by Crippen LogP contribution is -2.48. The minimum atomic E-state index is -5.30. The van der Waals surface area contributed by atoms with Gasteiger partial charge in [0.1, 0.15) is 30.2 Å². The number of aldehydes is 1. The Morgan fingerprint density at radius 1 is 1.10 bits per heavy atom. The van der Waals surface area contributed by atoms with Gasteiger partial charge < -0.3 is 50.4 Å². The first-order valence-electron chi connectivity index (χ1n) is 7.58. The highest BCUT2D eigenvalue weighted by Crippen LogP contribution is 2.43. The van der Waals surface area contributed by atoms with Crippen LogP contribution in [0, 0.1) is 0 Å². The van der Waals surface area contributed by atoms with E-state index in [-0.39, 0.29) is 6.29 Å². The Labute approximate surface area is 167 Å². The van der Waals surface area contributed by atoms with Gasteiger partial charge in [-0.05, 0) is 0 Å². The van der Waals surface area contributed by atoms with Crippen LogP contribution in [-0.4, -0.2) is 92.1 Å². The topological polar surface area (TPSA) is 292 Å². The summed E-state index contributed by atoms with van der Waals surface area (Å²) >= 11 is 0. The third kappa shape index (κ3) is 8.47. The molecule has 170 valence electrons. The second-order valence-electron chi connectivity index (χ2n) is 5.36. The average Bonchev–Trinajstić information content (AvgIpc) is 3.12. The summed E-state index contributed by atoms with van der Waals surface area (Å²) in [6.07, 6.45) is -6.28. The van der Waals surface area contributed by atoms with Crippen LogP contribution < -0.4 is 5.73 Å². The summed E-state index contributed by atoms with van der Waals surface area (Å²) in [6, 6.07) is 0. The Kier molecular flexibility index (Phi) is 9.54. The minimum absolute atomic E-state index is 0.299. The van der Waals surface area contributed by atoms with E-state index in [0.29, 0.717) is 17.0 Å². The van der Waals surface area contributed by atoms with Gasteiger partial charge in [-0.1, -0.05) is 0 Å². The van der Waals surface area contributed by atoms with Crippen LogP contribution in [0.3, 0.4) is 0 Å². The molecule has 2 heterocycles. The van der Waals surface area contributed by atoms with Gasteiger partial charge >= 0.3 is 15.6 Å². The summed E-state index contributed by atoms with van der Waals surface area (Å²) in [5.41, 5.74) is 6.78. The van der Waals surface area contributed by atoms with Crippen molar-refractivity contribution in [3.8, 4) is 0 Å². The SMILES string of the molecule is Nc1ncnc2nc[nH]c12.O=C[C@H](OP(=O)(O)O)[C@@H](OP(=O)(O)O)[C@H](O)[C@H](O)CO. The van der Waals surface area contributed by atoms with Crippen molar-refractivity contribution in [1.82, 2.24) is 19.9 Å². The van der Waals surface area contributed by atoms with Gasteiger partial charge in [0.05, 0.1) is 12.9 Å². The summed E-state index contributed by atoms with van der Waals surface area (Å²) in [4.78, 5) is 59.3. The molecule has 0 amide bonds. The van der Waals surface area contributed by atoms with Crippen molar-refractivity contribution >= 4 is 38.9 Å². The van der Waals surface area contributed by atoms with Crippen LogP contribution in [-0.2, 0) is 23.0 Å². The number of phosphoric ester groups is 2. The number of hydrogen-bond acceptors (Lipinski definition) is 12. The maximum Gasteiger partial charge on any atom is 0.470 e. The second kappa shape index (κ2) is 10.9. The highest BCUT2D eigenvalue weighted by atomic mass is 31.2. The zero-order chi connectivity index (χ0) is 23.1. The molecule has 2 aromatic heterocycles. The predicted octanol–water partition coefficient (Wildman–Crippen LogP) is -3.21. The Bertz CT molecular complexity index is 915. The minimum Gasteiger partial charge on any atom is -0.394 e. The number of aromatic amines is 1. The molecule has 0 fully saturated rings. The summed E-state index contributed by atoms with van der Waals surface area (Å²) in [5.74, 6) is 0.433. The molecule has 2 rings (SSSR count). The molecule has 0 radical (unpaired) electrons. The van der Waals surface area contributed by atoms with Crippen LogP contribution in [0.25, 0.3) is 11.2 Å². The number of nitrogens with zero attached hydrogens (tertiary/aromatic N) is 3. The summed E-state index contributed by atoms with van der Waals surface area (Å²) in [6.45, 7) is -1.08. The molecule has 0 saturated heterocycles. The molecule has 17 nitrogen and oxygen atoms in total. The number of anilines is 1. The number of rotatable bonds is 9. The van der Waals surface area contributed by atoms with Crippen LogP contribution >= 0.6 is 15.6 Å². The quantitative estimate of drug-likeness (QED) is 0.127. The molecule has 0 aliphatic carbocycles. The van der Waals surface area contributed by atoms with Gasteiger partial charge in [0.2, 0.25) is 0 Å². The first-order valence-corrected chi connectivity index (χ1v) is 10.6. The highest BCUT2D eigenvalue weighted by molar-refractivity contribution is 7.46. The third-order valence-corrected chi connectivity index (χ3v) is 4.18. The lowest BCUT2D eigenvalue weighted by atomic mass is 10.0. The van der Waals surface area contributed by atoms with E-state index in [9.17, 15) is 19.0 Å². The number of carbonyl (C=O) groups is 1. The summed E-state index contributed by atoms with van der Waals surface area (Å²) in [7, 11) is -10.6. The van der Waals surface area contributed by atoms with Crippen molar-refractivity contribution in [3.63, 3.8) is 0 Å². The van der Waals surface area contributed by atoms with Crippen LogP contribution in [0.15, 0.2) is 12.7 Å². The maximum atomic E-state index is 10.7. The van der Waals surface area contributed by atoms with Crippen LogP contribution in [0.5, 0.6) is 0 Å². The number of aromatic nitrogens is 4. The number of hydrogen-bond donors (Lipinski definition) is 9. The lowest BCUT2D eigenvalue weighted by molar-refractivity contribution is -0.133. The molecule has 4 atom stereocenters. The number of fused-ring (bicyclic) bond motifs is 1. The maximum absolute atomic E-state index is 10.7. The number of carbonyl (C=O) groups excluding carboxylic acids is 1. The van der Waals surface area contributed by atoms with Crippen LogP contribution in [0.4, 0.5) is 5.82 Å². The Hall–Kier alpha value is -1.88. The standard InChI is InChI=1S/C6H14O12P2.C5H5N5/c7-1-3(9)5(10)6(18-20(14,15)16)4(2-8)17-19(11,12)13;6-4-3-5(9-1-7-3)10-2-8-4/h2-7,9-10H,1H2,(H2,11,12,13)(H2,14,15,16);1-2H,(H3,6,7,8,9,10)/t3-,4+,5-,6-;/m1./s1. The smallest absolute Gasteiger partial charge is 0.394 e. The Morgan fingerprint density at radius 3 is 2.17 bits per heavy atom. The van der Waals surface area contributed by atoms with E-state index >= 15 is 0 Å². The lowest BCUT2D eigenvalue weighted by Gasteiger charge is -2.29. The number of aliphatic hydroxyl groups is 3. The number of nitrogen functional groups attached to an aromatic ring is 1. The van der Waals surface area contributed by atoms with Crippen molar-refractivity contribution in [2.75, 3.05) is 12.3 Å². The van der Waals surface area contributed by atoms with Crippen LogP contribution in [0.2, 0.25) is 0 Å². The monoisotopic (exact) mass is 475 g/mol. The first kappa shape index (κ1) is 26.2. The number of nitrogens with two attached hydrogens (primary N) is 1. The fraction of sp³-hybridized carbons (Fsp3) is 0.455. The molecule has 0 unspecified atom stereocenters. The van der Waals surface area contributed by atoms with Gasteiger partial charge in [0, 0.05) is 0 Å². The predicted molar refractivity (Wildman–Crippen MR) is 95.1 cm³/mol. The number of aliphatic hydroxyl groups excluding tert-OH is 3. The normalized spacial score (nSPS) is 16.2.